The Kier molecular flexibility index (Phi) is 6.07. The van der Waals surface area contributed by atoms with Crippen molar-refractivity contribution < 1.29 is 4.74 Å². The number of imidazole rings is 1. The molecule has 0 bridgehead atoms. The third-order valence-electron chi connectivity index (χ3n) is 5.59. The molecule has 3 heterocycles. The Hall–Kier alpha value is -3.22. The second-order valence-electron chi connectivity index (χ2n) is 7.68. The van der Waals surface area contributed by atoms with Crippen LogP contribution in [0.3, 0.4) is 0 Å². The van der Waals surface area contributed by atoms with Crippen LogP contribution in [0.2, 0.25) is 0 Å². The van der Waals surface area contributed by atoms with Crippen molar-refractivity contribution in [3.05, 3.63) is 60.0 Å². The Morgan fingerprint density at radius 1 is 1.27 bits per heavy atom. The summed E-state index contributed by atoms with van der Waals surface area (Å²) in [7, 11) is 3.52. The second-order valence-corrected chi connectivity index (χ2v) is 7.68. The lowest BCUT2D eigenvalue weighted by atomic mass is 10.0. The van der Waals surface area contributed by atoms with Crippen LogP contribution in [0.4, 0.5) is 5.69 Å². The maximum Gasteiger partial charge on any atom is 0.191 e. The minimum Gasteiger partial charge on any atom is -0.497 e. The van der Waals surface area contributed by atoms with Crippen molar-refractivity contribution in [2.24, 2.45) is 4.99 Å². The van der Waals surface area contributed by atoms with Crippen LogP contribution in [0, 0.1) is 6.92 Å². The van der Waals surface area contributed by atoms with Gasteiger partial charge in [0.15, 0.2) is 5.96 Å². The minimum absolute atomic E-state index is 0.333. The number of nitrogens with zero attached hydrogens (tertiary/aromatic N) is 4. The van der Waals surface area contributed by atoms with Crippen LogP contribution in [-0.4, -0.2) is 48.6 Å². The predicted octanol–water partition coefficient (Wildman–Crippen LogP) is 2.99. The van der Waals surface area contributed by atoms with Crippen LogP contribution >= 0.6 is 0 Å². The van der Waals surface area contributed by atoms with Gasteiger partial charge < -0.3 is 24.7 Å². The zero-order valence-electron chi connectivity index (χ0n) is 17.9. The minimum atomic E-state index is 0.333. The van der Waals surface area contributed by atoms with Gasteiger partial charge in [0.1, 0.15) is 11.4 Å². The van der Waals surface area contributed by atoms with E-state index in [0.717, 1.165) is 49.0 Å². The summed E-state index contributed by atoms with van der Waals surface area (Å²) >= 11 is 0. The van der Waals surface area contributed by atoms with E-state index in [1.165, 1.54) is 11.4 Å². The first-order chi connectivity index (χ1) is 14.7. The molecule has 0 radical (unpaired) electrons. The van der Waals surface area contributed by atoms with Gasteiger partial charge in [0, 0.05) is 49.8 Å². The number of fused-ring (bicyclic) bond motifs is 1. The molecule has 7 heteroatoms. The second kappa shape index (κ2) is 9.07. The molecule has 0 amide bonds. The lowest BCUT2D eigenvalue weighted by molar-refractivity contribution is 0.414. The summed E-state index contributed by atoms with van der Waals surface area (Å²) in [6, 6.07) is 14.7. The number of aromatic nitrogens is 2. The molecule has 1 aromatic carbocycles. The monoisotopic (exact) mass is 406 g/mol. The first kappa shape index (κ1) is 20.1. The Bertz CT molecular complexity index is 1030. The predicted molar refractivity (Wildman–Crippen MR) is 121 cm³/mol. The molecule has 1 unspecified atom stereocenters. The highest BCUT2D eigenvalue weighted by Gasteiger charge is 2.21. The number of benzene rings is 1. The van der Waals surface area contributed by atoms with Gasteiger partial charge in [0.25, 0.3) is 0 Å². The molecule has 2 aromatic heterocycles. The summed E-state index contributed by atoms with van der Waals surface area (Å²) in [6.07, 6.45) is 4.34. The number of hydrogen-bond donors (Lipinski definition) is 2. The van der Waals surface area contributed by atoms with E-state index in [-0.39, 0.29) is 0 Å². The van der Waals surface area contributed by atoms with E-state index in [0.29, 0.717) is 12.6 Å². The number of guanidine groups is 1. The average Bonchev–Trinajstić information content (AvgIpc) is 3.21. The molecule has 2 N–H and O–H groups in total. The Labute approximate surface area is 177 Å². The fourth-order valence-corrected chi connectivity index (χ4v) is 3.98. The van der Waals surface area contributed by atoms with Gasteiger partial charge in [0.05, 0.1) is 19.3 Å². The number of anilines is 1. The van der Waals surface area contributed by atoms with Gasteiger partial charge in [-0.2, -0.15) is 0 Å². The topological polar surface area (TPSA) is 66.2 Å². The highest BCUT2D eigenvalue weighted by molar-refractivity contribution is 5.80. The zero-order valence-corrected chi connectivity index (χ0v) is 17.9. The summed E-state index contributed by atoms with van der Waals surface area (Å²) in [4.78, 5) is 11.5. The van der Waals surface area contributed by atoms with Gasteiger partial charge in [-0.05, 0) is 44.0 Å². The smallest absolute Gasteiger partial charge is 0.191 e. The molecule has 1 aliphatic heterocycles. The third-order valence-corrected chi connectivity index (χ3v) is 5.59. The van der Waals surface area contributed by atoms with Crippen molar-refractivity contribution in [1.29, 1.82) is 0 Å². The van der Waals surface area contributed by atoms with E-state index in [4.69, 9.17) is 9.72 Å². The quantitative estimate of drug-likeness (QED) is 0.504. The van der Waals surface area contributed by atoms with Crippen molar-refractivity contribution in [3.63, 3.8) is 0 Å². The Morgan fingerprint density at radius 2 is 2.13 bits per heavy atom. The number of rotatable bonds is 5. The molecule has 4 rings (SSSR count). The first-order valence-electron chi connectivity index (χ1n) is 10.5. The van der Waals surface area contributed by atoms with Crippen LogP contribution < -0.4 is 20.3 Å². The Balaban J connectivity index is 1.36. The maximum atomic E-state index is 5.38. The van der Waals surface area contributed by atoms with E-state index < -0.39 is 0 Å². The number of pyridine rings is 1. The van der Waals surface area contributed by atoms with Gasteiger partial charge in [-0.3, -0.25) is 4.99 Å². The van der Waals surface area contributed by atoms with Crippen molar-refractivity contribution in [1.82, 2.24) is 20.0 Å². The number of aryl methyl sites for hydroxylation is 1. The SMILES string of the molecule is CN=C(NCc1cn2c(C)cccc2n1)NC1CCCN(c2cccc(OC)c2)C1. The molecular formula is C23H30N6O. The normalized spacial score (nSPS) is 17.2. The summed E-state index contributed by atoms with van der Waals surface area (Å²) < 4.78 is 7.49. The van der Waals surface area contributed by atoms with E-state index in [2.05, 4.69) is 56.2 Å². The van der Waals surface area contributed by atoms with Crippen LogP contribution in [0.25, 0.3) is 5.65 Å². The van der Waals surface area contributed by atoms with Gasteiger partial charge >= 0.3 is 0 Å². The largest absolute Gasteiger partial charge is 0.497 e. The van der Waals surface area contributed by atoms with Gasteiger partial charge in [0.2, 0.25) is 0 Å². The van der Waals surface area contributed by atoms with Crippen molar-refractivity contribution in [3.8, 4) is 5.75 Å². The molecule has 7 nitrogen and oxygen atoms in total. The van der Waals surface area contributed by atoms with Crippen LogP contribution in [-0.2, 0) is 6.54 Å². The molecule has 30 heavy (non-hydrogen) atoms. The molecule has 1 atom stereocenters. The molecule has 1 aliphatic rings. The summed E-state index contributed by atoms with van der Waals surface area (Å²) in [5.74, 6) is 1.70. The van der Waals surface area contributed by atoms with E-state index in [1.54, 1.807) is 7.11 Å². The standard InChI is InChI=1S/C23H30N6O/c1-17-7-4-11-22-26-19(16-29(17)22)14-25-23(24-2)27-18-8-6-12-28(15-18)20-9-5-10-21(13-20)30-3/h4-5,7,9-11,13,16,18H,6,8,12,14-15H2,1-3H3,(H2,24,25,27). The fraction of sp³-hybridized carbons (Fsp3) is 0.391. The first-order valence-corrected chi connectivity index (χ1v) is 10.5. The number of nitrogens with one attached hydrogen (secondary N) is 2. The highest BCUT2D eigenvalue weighted by Crippen LogP contribution is 2.24. The van der Waals surface area contributed by atoms with Crippen LogP contribution in [0.1, 0.15) is 24.2 Å². The number of ether oxygens (including phenoxy) is 1. The highest BCUT2D eigenvalue weighted by atomic mass is 16.5. The van der Waals surface area contributed by atoms with Crippen LogP contribution in [0.15, 0.2) is 53.7 Å². The van der Waals surface area contributed by atoms with Crippen LogP contribution in [0.5, 0.6) is 5.75 Å². The number of piperidine rings is 1. The van der Waals surface area contributed by atoms with Gasteiger partial charge in [-0.15, -0.1) is 0 Å². The summed E-state index contributed by atoms with van der Waals surface area (Å²) in [6.45, 7) is 4.70. The molecule has 3 aromatic rings. The Morgan fingerprint density at radius 3 is 2.93 bits per heavy atom. The number of hydrogen-bond acceptors (Lipinski definition) is 4. The molecule has 1 fully saturated rings. The third kappa shape index (κ3) is 4.50. The molecular weight excluding hydrogens is 376 g/mol. The fourth-order valence-electron chi connectivity index (χ4n) is 3.98. The molecule has 1 saturated heterocycles. The maximum absolute atomic E-state index is 5.38. The lowest BCUT2D eigenvalue weighted by Crippen LogP contribution is -2.51. The number of methoxy groups -OCH3 is 1. The van der Waals surface area contributed by atoms with Gasteiger partial charge in [-0.25, -0.2) is 4.98 Å². The number of aliphatic imine (C=N–C) groups is 1. The lowest BCUT2D eigenvalue weighted by Gasteiger charge is -2.35. The molecule has 158 valence electrons. The van der Waals surface area contributed by atoms with E-state index >= 15 is 0 Å². The molecule has 0 spiro atoms. The summed E-state index contributed by atoms with van der Waals surface area (Å²) in [5, 5.41) is 6.99. The van der Waals surface area contributed by atoms with E-state index in [9.17, 15) is 0 Å². The van der Waals surface area contributed by atoms with Gasteiger partial charge in [-0.1, -0.05) is 12.1 Å². The average molecular weight is 407 g/mol. The molecule has 0 aliphatic carbocycles. The van der Waals surface area contributed by atoms with Crippen molar-refractivity contribution in [2.45, 2.75) is 32.4 Å². The summed E-state index contributed by atoms with van der Waals surface area (Å²) in [5.41, 5.74) is 4.34. The van der Waals surface area contributed by atoms with Crippen molar-refractivity contribution in [2.75, 3.05) is 32.1 Å². The van der Waals surface area contributed by atoms with Crippen molar-refractivity contribution >= 4 is 17.3 Å². The molecule has 0 saturated carbocycles. The van der Waals surface area contributed by atoms with E-state index in [1.807, 2.05) is 31.3 Å². The zero-order chi connectivity index (χ0) is 20.9.